The molecule has 1 fully saturated rings. The predicted molar refractivity (Wildman–Crippen MR) is 110 cm³/mol. The highest BCUT2D eigenvalue weighted by Crippen LogP contribution is 2.30. The van der Waals surface area contributed by atoms with E-state index in [0.29, 0.717) is 10.6 Å². The van der Waals surface area contributed by atoms with Crippen molar-refractivity contribution in [2.24, 2.45) is 0 Å². The Balaban J connectivity index is 1.83. The van der Waals surface area contributed by atoms with Crippen molar-refractivity contribution in [2.75, 3.05) is 62.4 Å². The number of nitrogens with zero attached hydrogens (tertiary/aromatic N) is 3. The smallest absolute Gasteiger partial charge is 0.255 e. The quantitative estimate of drug-likeness (QED) is 0.892. The van der Waals surface area contributed by atoms with E-state index in [9.17, 15) is 4.79 Å². The number of halogens is 1. The summed E-state index contributed by atoms with van der Waals surface area (Å²) in [5.74, 6) is -0.133. The molecule has 1 amide bonds. The Hall–Kier alpha value is -2.24. The molecule has 3 rings (SSSR count). The van der Waals surface area contributed by atoms with E-state index >= 15 is 0 Å². The first-order valence-corrected chi connectivity index (χ1v) is 9.13. The lowest BCUT2D eigenvalue weighted by Gasteiger charge is -2.35. The minimum atomic E-state index is -0.133. The van der Waals surface area contributed by atoms with E-state index < -0.39 is 0 Å². The van der Waals surface area contributed by atoms with Crippen LogP contribution in [0.15, 0.2) is 42.5 Å². The lowest BCUT2D eigenvalue weighted by Crippen LogP contribution is -2.44. The van der Waals surface area contributed by atoms with Crippen LogP contribution in [-0.4, -0.2) is 58.1 Å². The molecular weight excluding hydrogens is 348 g/mol. The summed E-state index contributed by atoms with van der Waals surface area (Å²) in [6.45, 7) is 3.86. The van der Waals surface area contributed by atoms with Crippen LogP contribution in [0.25, 0.3) is 0 Å². The lowest BCUT2D eigenvalue weighted by molar-refractivity contribution is 0.102. The van der Waals surface area contributed by atoms with Gasteiger partial charge in [0.1, 0.15) is 0 Å². The molecule has 6 heteroatoms. The van der Waals surface area contributed by atoms with E-state index in [4.69, 9.17) is 11.6 Å². The van der Waals surface area contributed by atoms with Crippen LogP contribution >= 0.6 is 11.6 Å². The molecule has 0 radical (unpaired) electrons. The first-order chi connectivity index (χ1) is 12.4. The zero-order chi connectivity index (χ0) is 18.7. The Kier molecular flexibility index (Phi) is 5.69. The highest BCUT2D eigenvalue weighted by molar-refractivity contribution is 6.31. The fourth-order valence-corrected chi connectivity index (χ4v) is 3.22. The number of carbonyl (C=O) groups excluding carboxylic acids is 1. The third-order valence-electron chi connectivity index (χ3n) is 4.68. The third-order valence-corrected chi connectivity index (χ3v) is 4.91. The highest BCUT2D eigenvalue weighted by Gasteiger charge is 2.19. The van der Waals surface area contributed by atoms with Gasteiger partial charge in [0.15, 0.2) is 0 Å². The number of carbonyl (C=O) groups is 1. The molecule has 0 aromatic heterocycles. The summed E-state index contributed by atoms with van der Waals surface area (Å²) in [6, 6.07) is 13.3. The van der Waals surface area contributed by atoms with Gasteiger partial charge < -0.3 is 20.0 Å². The van der Waals surface area contributed by atoms with E-state index in [2.05, 4.69) is 22.2 Å². The van der Waals surface area contributed by atoms with Crippen molar-refractivity contribution in [1.82, 2.24) is 4.90 Å². The summed E-state index contributed by atoms with van der Waals surface area (Å²) < 4.78 is 0. The van der Waals surface area contributed by atoms with Crippen molar-refractivity contribution >= 4 is 34.6 Å². The zero-order valence-electron chi connectivity index (χ0n) is 15.5. The molecule has 1 N–H and O–H groups in total. The van der Waals surface area contributed by atoms with E-state index in [1.165, 1.54) is 0 Å². The summed E-state index contributed by atoms with van der Waals surface area (Å²) in [5, 5.41) is 3.66. The molecule has 2 aromatic carbocycles. The van der Waals surface area contributed by atoms with Crippen LogP contribution in [-0.2, 0) is 0 Å². The fourth-order valence-electron chi connectivity index (χ4n) is 3.05. The van der Waals surface area contributed by atoms with Gasteiger partial charge in [-0.25, -0.2) is 0 Å². The van der Waals surface area contributed by atoms with Crippen LogP contribution in [0, 0.1) is 0 Å². The molecule has 0 atom stereocenters. The number of likely N-dealkylation sites (N-methyl/N-ethyl adjacent to an activating group) is 1. The Labute approximate surface area is 160 Å². The molecule has 138 valence electrons. The van der Waals surface area contributed by atoms with E-state index in [-0.39, 0.29) is 5.91 Å². The number of benzene rings is 2. The van der Waals surface area contributed by atoms with Crippen LogP contribution in [0.3, 0.4) is 0 Å². The van der Waals surface area contributed by atoms with Crippen LogP contribution in [0.2, 0.25) is 5.02 Å². The molecule has 1 heterocycles. The largest absolute Gasteiger partial charge is 0.378 e. The summed E-state index contributed by atoms with van der Waals surface area (Å²) in [4.78, 5) is 19.4. The SMILES string of the molecule is CN1CCN(c2ccc(Cl)cc2NC(=O)c2cccc(N(C)C)c2)CC1. The first-order valence-electron chi connectivity index (χ1n) is 8.76. The Bertz CT molecular complexity index is 785. The first kappa shape index (κ1) is 18.5. The average molecular weight is 373 g/mol. The summed E-state index contributed by atoms with van der Waals surface area (Å²) in [7, 11) is 6.04. The van der Waals surface area contributed by atoms with Crippen molar-refractivity contribution in [1.29, 1.82) is 0 Å². The standard InChI is InChI=1S/C20H25ClN4O/c1-23(2)17-6-4-5-15(13-17)20(26)22-18-14-16(21)7-8-19(18)25-11-9-24(3)10-12-25/h4-8,13-14H,9-12H2,1-3H3,(H,22,26). The van der Waals surface area contributed by atoms with Crippen molar-refractivity contribution < 1.29 is 4.79 Å². The van der Waals surface area contributed by atoms with Crippen molar-refractivity contribution in [3.8, 4) is 0 Å². The second-order valence-electron chi connectivity index (χ2n) is 6.85. The highest BCUT2D eigenvalue weighted by atomic mass is 35.5. The monoisotopic (exact) mass is 372 g/mol. The molecule has 0 aliphatic carbocycles. The van der Waals surface area contributed by atoms with E-state index in [1.54, 1.807) is 0 Å². The number of amides is 1. The maximum Gasteiger partial charge on any atom is 0.255 e. The maximum absolute atomic E-state index is 12.8. The van der Waals surface area contributed by atoms with Crippen LogP contribution in [0.1, 0.15) is 10.4 Å². The minimum absolute atomic E-state index is 0.133. The van der Waals surface area contributed by atoms with Gasteiger partial charge in [-0.2, -0.15) is 0 Å². The lowest BCUT2D eigenvalue weighted by atomic mass is 10.1. The number of anilines is 3. The van der Waals surface area contributed by atoms with E-state index in [1.807, 2.05) is 61.5 Å². The molecule has 1 saturated heterocycles. The zero-order valence-corrected chi connectivity index (χ0v) is 16.3. The number of hydrogen-bond donors (Lipinski definition) is 1. The van der Waals surface area contributed by atoms with Gasteiger partial charge in [-0.15, -0.1) is 0 Å². The topological polar surface area (TPSA) is 38.8 Å². The van der Waals surface area contributed by atoms with Gasteiger partial charge in [-0.05, 0) is 43.4 Å². The van der Waals surface area contributed by atoms with Crippen molar-refractivity contribution in [3.05, 3.63) is 53.1 Å². The number of rotatable bonds is 4. The van der Waals surface area contributed by atoms with Crippen LogP contribution in [0.4, 0.5) is 17.1 Å². The molecule has 1 aliphatic rings. The van der Waals surface area contributed by atoms with Crippen molar-refractivity contribution in [3.63, 3.8) is 0 Å². The second-order valence-corrected chi connectivity index (χ2v) is 7.29. The van der Waals surface area contributed by atoms with Gasteiger partial charge in [0, 0.05) is 56.5 Å². The number of piperazine rings is 1. The van der Waals surface area contributed by atoms with Gasteiger partial charge in [0.2, 0.25) is 0 Å². The van der Waals surface area contributed by atoms with Gasteiger partial charge in [-0.3, -0.25) is 4.79 Å². The van der Waals surface area contributed by atoms with Gasteiger partial charge in [0.25, 0.3) is 5.91 Å². The molecule has 26 heavy (non-hydrogen) atoms. The van der Waals surface area contributed by atoms with Crippen LogP contribution < -0.4 is 15.1 Å². The second kappa shape index (κ2) is 7.98. The van der Waals surface area contributed by atoms with Gasteiger partial charge in [-0.1, -0.05) is 17.7 Å². The molecule has 0 unspecified atom stereocenters. The van der Waals surface area contributed by atoms with E-state index in [0.717, 1.165) is 43.2 Å². The summed E-state index contributed by atoms with van der Waals surface area (Å²) in [6.07, 6.45) is 0. The van der Waals surface area contributed by atoms with Crippen molar-refractivity contribution in [2.45, 2.75) is 0 Å². The average Bonchev–Trinajstić information content (AvgIpc) is 2.63. The number of nitrogens with one attached hydrogen (secondary N) is 1. The maximum atomic E-state index is 12.8. The predicted octanol–water partition coefficient (Wildman–Crippen LogP) is 3.41. The number of hydrogen-bond acceptors (Lipinski definition) is 4. The molecule has 1 aliphatic heterocycles. The van der Waals surface area contributed by atoms with Crippen LogP contribution in [0.5, 0.6) is 0 Å². The van der Waals surface area contributed by atoms with Gasteiger partial charge >= 0.3 is 0 Å². The Morgan fingerprint density at radius 3 is 2.50 bits per heavy atom. The molecular formula is C20H25ClN4O. The fraction of sp³-hybridized carbons (Fsp3) is 0.350. The molecule has 0 spiro atoms. The van der Waals surface area contributed by atoms with Gasteiger partial charge in [0.05, 0.1) is 11.4 Å². The molecule has 2 aromatic rings. The summed E-state index contributed by atoms with van der Waals surface area (Å²) >= 11 is 6.19. The minimum Gasteiger partial charge on any atom is -0.378 e. The third kappa shape index (κ3) is 4.29. The molecule has 0 saturated carbocycles. The Morgan fingerprint density at radius 1 is 1.08 bits per heavy atom. The summed E-state index contributed by atoms with van der Waals surface area (Å²) in [5.41, 5.74) is 3.38. The normalized spacial score (nSPS) is 15.0. The Morgan fingerprint density at radius 2 is 1.81 bits per heavy atom. The molecule has 0 bridgehead atoms. The molecule has 5 nitrogen and oxygen atoms in total.